The third-order valence-corrected chi connectivity index (χ3v) is 5.79. The van der Waals surface area contributed by atoms with E-state index in [1.54, 1.807) is 9.47 Å². The fourth-order valence-electron chi connectivity index (χ4n) is 4.27. The molecular formula is C26H30N4O3. The number of fused-ring (bicyclic) bond motifs is 1. The van der Waals surface area contributed by atoms with E-state index in [9.17, 15) is 9.59 Å². The first-order valence-corrected chi connectivity index (χ1v) is 11.1. The number of hydrogen-bond acceptors (Lipinski definition) is 5. The van der Waals surface area contributed by atoms with Crippen molar-refractivity contribution in [2.24, 2.45) is 0 Å². The van der Waals surface area contributed by atoms with Gasteiger partial charge in [0.15, 0.2) is 0 Å². The average Bonchev–Trinajstić information content (AvgIpc) is 2.77. The SMILES string of the molecule is CC1Cc2c(nc(N)n(C(c3ccccc3)c3ccccc3)c2=O)CN1C(=O)OC(C)(C)C. The Morgan fingerprint density at radius 2 is 1.61 bits per heavy atom. The summed E-state index contributed by atoms with van der Waals surface area (Å²) in [7, 11) is 0. The van der Waals surface area contributed by atoms with Crippen molar-refractivity contribution < 1.29 is 9.53 Å². The first-order valence-electron chi connectivity index (χ1n) is 11.1. The second-order valence-corrected chi connectivity index (χ2v) is 9.46. The van der Waals surface area contributed by atoms with Crippen molar-refractivity contribution in [3.05, 3.63) is 93.4 Å². The van der Waals surface area contributed by atoms with Crippen molar-refractivity contribution in [2.45, 2.75) is 58.3 Å². The van der Waals surface area contributed by atoms with Crippen LogP contribution in [0.4, 0.5) is 10.7 Å². The smallest absolute Gasteiger partial charge is 0.410 e. The van der Waals surface area contributed by atoms with Crippen LogP contribution in [0, 0.1) is 0 Å². The van der Waals surface area contributed by atoms with Gasteiger partial charge in [-0.3, -0.25) is 14.3 Å². The summed E-state index contributed by atoms with van der Waals surface area (Å²) in [5.74, 6) is 0.121. The molecule has 7 nitrogen and oxygen atoms in total. The normalized spacial score (nSPS) is 15.9. The summed E-state index contributed by atoms with van der Waals surface area (Å²) in [5, 5.41) is 0. The van der Waals surface area contributed by atoms with E-state index in [4.69, 9.17) is 10.5 Å². The maximum Gasteiger partial charge on any atom is 0.410 e. The molecule has 0 aliphatic carbocycles. The fourth-order valence-corrected chi connectivity index (χ4v) is 4.27. The highest BCUT2D eigenvalue weighted by atomic mass is 16.6. The third kappa shape index (κ3) is 4.62. The summed E-state index contributed by atoms with van der Waals surface area (Å²) >= 11 is 0. The van der Waals surface area contributed by atoms with Crippen LogP contribution < -0.4 is 11.3 Å². The lowest BCUT2D eigenvalue weighted by atomic mass is 9.96. The van der Waals surface area contributed by atoms with Crippen LogP contribution in [0.15, 0.2) is 65.5 Å². The molecule has 1 unspecified atom stereocenters. The van der Waals surface area contributed by atoms with Crippen molar-refractivity contribution in [3.8, 4) is 0 Å². The molecule has 3 aromatic rings. The van der Waals surface area contributed by atoms with Crippen LogP contribution in [0.25, 0.3) is 0 Å². The number of nitrogens with zero attached hydrogens (tertiary/aromatic N) is 3. The first-order chi connectivity index (χ1) is 15.7. The zero-order chi connectivity index (χ0) is 23.8. The lowest BCUT2D eigenvalue weighted by molar-refractivity contribution is 0.0133. The third-order valence-electron chi connectivity index (χ3n) is 5.79. The van der Waals surface area contributed by atoms with E-state index in [1.165, 1.54) is 0 Å². The standard InChI is InChI=1S/C26H30N4O3/c1-17-15-20-21(16-29(17)25(32)33-26(2,3)4)28-24(27)30(23(20)31)22(18-11-7-5-8-12-18)19-13-9-6-10-14-19/h5-14,17,22H,15-16H2,1-4H3,(H2,27,28). The summed E-state index contributed by atoms with van der Waals surface area (Å²) in [4.78, 5) is 32.7. The number of nitrogens with two attached hydrogens (primary N) is 1. The Labute approximate surface area is 193 Å². The predicted molar refractivity (Wildman–Crippen MR) is 128 cm³/mol. The van der Waals surface area contributed by atoms with E-state index in [1.807, 2.05) is 88.4 Å². The Bertz CT molecular complexity index is 1160. The summed E-state index contributed by atoms with van der Waals surface area (Å²) in [5.41, 5.74) is 8.62. The molecule has 1 aliphatic rings. The van der Waals surface area contributed by atoms with Gasteiger partial charge in [0.1, 0.15) is 5.60 Å². The Hall–Kier alpha value is -3.61. The molecule has 2 heterocycles. The number of amides is 1. The highest BCUT2D eigenvalue weighted by Gasteiger charge is 2.34. The van der Waals surface area contributed by atoms with Crippen LogP contribution in [-0.2, 0) is 17.7 Å². The molecule has 0 bridgehead atoms. The first kappa shape index (κ1) is 22.6. The summed E-state index contributed by atoms with van der Waals surface area (Å²) in [6.07, 6.45) is -0.0339. The van der Waals surface area contributed by atoms with Crippen LogP contribution in [0.2, 0.25) is 0 Å². The predicted octanol–water partition coefficient (Wildman–Crippen LogP) is 4.14. The van der Waals surface area contributed by atoms with Crippen molar-refractivity contribution >= 4 is 12.0 Å². The van der Waals surface area contributed by atoms with Crippen LogP contribution in [0.1, 0.15) is 56.1 Å². The molecule has 0 saturated carbocycles. The van der Waals surface area contributed by atoms with E-state index in [-0.39, 0.29) is 24.1 Å². The van der Waals surface area contributed by atoms with Gasteiger partial charge in [-0.25, -0.2) is 9.78 Å². The van der Waals surface area contributed by atoms with E-state index < -0.39 is 17.7 Å². The van der Waals surface area contributed by atoms with Gasteiger partial charge in [0, 0.05) is 18.0 Å². The zero-order valence-corrected chi connectivity index (χ0v) is 19.5. The monoisotopic (exact) mass is 446 g/mol. The quantitative estimate of drug-likeness (QED) is 0.653. The molecule has 1 aromatic heterocycles. The molecule has 0 spiro atoms. The summed E-state index contributed by atoms with van der Waals surface area (Å²) in [6.45, 7) is 7.59. The molecular weight excluding hydrogens is 416 g/mol. The minimum Gasteiger partial charge on any atom is -0.444 e. The molecule has 0 saturated heterocycles. The van der Waals surface area contributed by atoms with Crippen LogP contribution in [0.3, 0.4) is 0 Å². The molecule has 1 aliphatic heterocycles. The van der Waals surface area contributed by atoms with Gasteiger partial charge in [-0.05, 0) is 38.8 Å². The minimum atomic E-state index is -0.606. The van der Waals surface area contributed by atoms with Gasteiger partial charge in [0.05, 0.1) is 18.3 Å². The van der Waals surface area contributed by atoms with Crippen molar-refractivity contribution in [1.82, 2.24) is 14.5 Å². The van der Waals surface area contributed by atoms with Gasteiger partial charge in [-0.2, -0.15) is 0 Å². The topological polar surface area (TPSA) is 90.5 Å². The molecule has 2 aromatic carbocycles. The number of benzene rings is 2. The highest BCUT2D eigenvalue weighted by Crippen LogP contribution is 2.29. The van der Waals surface area contributed by atoms with Crippen LogP contribution in [0.5, 0.6) is 0 Å². The molecule has 0 fully saturated rings. The van der Waals surface area contributed by atoms with Crippen LogP contribution in [-0.4, -0.2) is 32.2 Å². The largest absolute Gasteiger partial charge is 0.444 e. The van der Waals surface area contributed by atoms with E-state index >= 15 is 0 Å². The number of ether oxygens (including phenoxy) is 1. The zero-order valence-electron chi connectivity index (χ0n) is 19.5. The fraction of sp³-hybridized carbons (Fsp3) is 0.346. The number of aromatic nitrogens is 2. The molecule has 33 heavy (non-hydrogen) atoms. The maximum absolute atomic E-state index is 13.8. The molecule has 4 rings (SSSR count). The van der Waals surface area contributed by atoms with Gasteiger partial charge in [-0.1, -0.05) is 60.7 Å². The Morgan fingerprint density at radius 1 is 1.06 bits per heavy atom. The second-order valence-electron chi connectivity index (χ2n) is 9.46. The van der Waals surface area contributed by atoms with E-state index in [0.717, 1.165) is 11.1 Å². The van der Waals surface area contributed by atoms with Gasteiger partial charge in [-0.15, -0.1) is 0 Å². The number of rotatable bonds is 3. The number of carbonyl (C=O) groups is 1. The number of hydrogen-bond donors (Lipinski definition) is 1. The van der Waals surface area contributed by atoms with Crippen molar-refractivity contribution in [1.29, 1.82) is 0 Å². The Balaban J connectivity index is 1.79. The highest BCUT2D eigenvalue weighted by molar-refractivity contribution is 5.69. The maximum atomic E-state index is 13.8. The molecule has 1 amide bonds. The minimum absolute atomic E-state index is 0.121. The Kier molecular flexibility index (Phi) is 5.97. The van der Waals surface area contributed by atoms with Gasteiger partial charge in [0.2, 0.25) is 5.95 Å². The van der Waals surface area contributed by atoms with Gasteiger partial charge < -0.3 is 10.5 Å². The Morgan fingerprint density at radius 3 is 2.12 bits per heavy atom. The number of anilines is 1. The van der Waals surface area contributed by atoms with E-state index in [2.05, 4.69) is 4.98 Å². The molecule has 2 N–H and O–H groups in total. The van der Waals surface area contributed by atoms with E-state index in [0.29, 0.717) is 17.7 Å². The van der Waals surface area contributed by atoms with Gasteiger partial charge >= 0.3 is 6.09 Å². The van der Waals surface area contributed by atoms with Crippen molar-refractivity contribution in [2.75, 3.05) is 5.73 Å². The van der Waals surface area contributed by atoms with Gasteiger partial charge in [0.25, 0.3) is 5.56 Å². The summed E-state index contributed by atoms with van der Waals surface area (Å²) in [6, 6.07) is 19.0. The van der Waals surface area contributed by atoms with Crippen LogP contribution >= 0.6 is 0 Å². The lowest BCUT2D eigenvalue weighted by Gasteiger charge is -2.36. The number of nitrogen functional groups attached to an aromatic ring is 1. The number of carbonyl (C=O) groups excluding carboxylic acids is 1. The molecule has 172 valence electrons. The van der Waals surface area contributed by atoms with Crippen molar-refractivity contribution in [3.63, 3.8) is 0 Å². The molecule has 0 radical (unpaired) electrons. The average molecular weight is 447 g/mol. The molecule has 7 heteroatoms. The second kappa shape index (κ2) is 8.73. The molecule has 1 atom stereocenters. The summed E-state index contributed by atoms with van der Waals surface area (Å²) < 4.78 is 7.11. The lowest BCUT2D eigenvalue weighted by Crippen LogP contribution is -2.48.